The Balaban J connectivity index is 1.28. The van der Waals surface area contributed by atoms with Gasteiger partial charge in [0.2, 0.25) is 0 Å². The molecule has 2 atom stereocenters. The van der Waals surface area contributed by atoms with Crippen molar-refractivity contribution in [1.82, 2.24) is 20.1 Å². The molecule has 6 nitrogen and oxygen atoms in total. The minimum absolute atomic E-state index is 0.0969. The fraction of sp³-hybridized carbons (Fsp3) is 0.565. The van der Waals surface area contributed by atoms with Crippen LogP contribution >= 0.6 is 0 Å². The molecule has 6 heterocycles. The summed E-state index contributed by atoms with van der Waals surface area (Å²) in [5.74, 6) is 7.41. The van der Waals surface area contributed by atoms with Crippen molar-refractivity contribution in [2.75, 3.05) is 32.7 Å². The zero-order valence-corrected chi connectivity index (χ0v) is 17.0. The fourth-order valence-electron chi connectivity index (χ4n) is 5.08. The minimum Gasteiger partial charge on any atom is -0.446 e. The molecule has 0 saturated carbocycles. The zero-order valence-electron chi connectivity index (χ0n) is 17.0. The van der Waals surface area contributed by atoms with E-state index in [1.54, 1.807) is 6.20 Å². The lowest BCUT2D eigenvalue weighted by Crippen LogP contribution is -2.62. The molecule has 6 heteroatoms. The van der Waals surface area contributed by atoms with Crippen LogP contribution in [0.2, 0.25) is 0 Å². The standard InChI is InChI=1S/C23H28N4O2/c1-16-22(17-6-11-27(16)12-7-17)25-23(28)20-14-18-13-19(29-21(18)15-24-20)5-4-10-26-8-2-3-9-26/h13-17,22H,2-3,6-12H2,1H3,(H,25,28)/t16-,22-/m0/s1. The normalized spacial score (nSPS) is 29.0. The highest BCUT2D eigenvalue weighted by atomic mass is 16.3. The van der Waals surface area contributed by atoms with Crippen LogP contribution in [-0.2, 0) is 0 Å². The van der Waals surface area contributed by atoms with Crippen molar-refractivity contribution in [3.63, 3.8) is 0 Å². The van der Waals surface area contributed by atoms with Crippen LogP contribution in [0.1, 0.15) is 48.9 Å². The third-order valence-corrected chi connectivity index (χ3v) is 6.83. The molecule has 0 unspecified atom stereocenters. The predicted octanol–water partition coefficient (Wildman–Crippen LogP) is 2.49. The van der Waals surface area contributed by atoms with Gasteiger partial charge in [0.15, 0.2) is 11.3 Å². The van der Waals surface area contributed by atoms with Gasteiger partial charge < -0.3 is 9.73 Å². The maximum Gasteiger partial charge on any atom is 0.270 e. The molecule has 0 radical (unpaired) electrons. The number of nitrogens with zero attached hydrogens (tertiary/aromatic N) is 3. The van der Waals surface area contributed by atoms with E-state index in [0.29, 0.717) is 29.0 Å². The van der Waals surface area contributed by atoms with Crippen LogP contribution in [0, 0.1) is 17.8 Å². The van der Waals surface area contributed by atoms with E-state index < -0.39 is 0 Å². The molecular formula is C23H28N4O2. The van der Waals surface area contributed by atoms with E-state index in [4.69, 9.17) is 4.42 Å². The number of carbonyl (C=O) groups is 1. The van der Waals surface area contributed by atoms with Gasteiger partial charge in [0.05, 0.1) is 12.7 Å². The molecule has 4 aliphatic heterocycles. The molecule has 29 heavy (non-hydrogen) atoms. The third kappa shape index (κ3) is 3.77. The molecule has 0 spiro atoms. The van der Waals surface area contributed by atoms with Gasteiger partial charge in [-0.05, 0) is 76.7 Å². The van der Waals surface area contributed by atoms with Crippen molar-refractivity contribution < 1.29 is 9.21 Å². The van der Waals surface area contributed by atoms with Crippen molar-refractivity contribution in [1.29, 1.82) is 0 Å². The molecule has 4 aliphatic rings. The maximum absolute atomic E-state index is 12.8. The van der Waals surface area contributed by atoms with E-state index in [0.717, 1.165) is 38.1 Å². The average molecular weight is 393 g/mol. The van der Waals surface area contributed by atoms with E-state index in [1.165, 1.54) is 25.7 Å². The third-order valence-electron chi connectivity index (χ3n) is 6.83. The van der Waals surface area contributed by atoms with Crippen molar-refractivity contribution in [2.45, 2.75) is 44.7 Å². The monoisotopic (exact) mass is 392 g/mol. The number of fused-ring (bicyclic) bond motifs is 4. The summed E-state index contributed by atoms with van der Waals surface area (Å²) < 4.78 is 5.78. The molecule has 4 saturated heterocycles. The van der Waals surface area contributed by atoms with E-state index in [-0.39, 0.29) is 11.9 Å². The van der Waals surface area contributed by atoms with E-state index in [9.17, 15) is 4.79 Å². The van der Waals surface area contributed by atoms with Crippen molar-refractivity contribution in [3.8, 4) is 11.8 Å². The van der Waals surface area contributed by atoms with Crippen LogP contribution in [0.15, 0.2) is 22.7 Å². The lowest BCUT2D eigenvalue weighted by Gasteiger charge is -2.49. The molecule has 0 aromatic carbocycles. The summed E-state index contributed by atoms with van der Waals surface area (Å²) >= 11 is 0. The molecule has 2 aromatic rings. The first-order chi connectivity index (χ1) is 14.2. The first-order valence-corrected chi connectivity index (χ1v) is 10.8. The van der Waals surface area contributed by atoms with Gasteiger partial charge in [-0.1, -0.05) is 5.92 Å². The Morgan fingerprint density at radius 1 is 1.24 bits per heavy atom. The van der Waals surface area contributed by atoms with Gasteiger partial charge in [-0.2, -0.15) is 0 Å². The van der Waals surface area contributed by atoms with Crippen LogP contribution in [-0.4, -0.2) is 65.5 Å². The first-order valence-electron chi connectivity index (χ1n) is 10.8. The minimum atomic E-state index is -0.0969. The second-order valence-electron chi connectivity index (χ2n) is 8.62. The summed E-state index contributed by atoms with van der Waals surface area (Å²) in [7, 11) is 0. The van der Waals surface area contributed by atoms with Crippen LogP contribution in [0.5, 0.6) is 0 Å². The number of rotatable bonds is 3. The topological polar surface area (TPSA) is 61.6 Å². The van der Waals surface area contributed by atoms with E-state index >= 15 is 0 Å². The summed E-state index contributed by atoms with van der Waals surface area (Å²) in [5, 5.41) is 4.12. The summed E-state index contributed by atoms with van der Waals surface area (Å²) in [6.45, 7) is 7.57. The molecule has 152 valence electrons. The molecule has 2 aromatic heterocycles. The number of furan rings is 1. The molecule has 0 aliphatic carbocycles. The van der Waals surface area contributed by atoms with E-state index in [2.05, 4.69) is 38.9 Å². The molecule has 6 rings (SSSR count). The van der Waals surface area contributed by atoms with Crippen LogP contribution in [0.25, 0.3) is 11.0 Å². The smallest absolute Gasteiger partial charge is 0.270 e. The lowest BCUT2D eigenvalue weighted by molar-refractivity contribution is 0.0216. The van der Waals surface area contributed by atoms with Gasteiger partial charge in [0.25, 0.3) is 5.91 Å². The van der Waals surface area contributed by atoms with Crippen LogP contribution in [0.3, 0.4) is 0 Å². The van der Waals surface area contributed by atoms with Gasteiger partial charge in [-0.25, -0.2) is 4.98 Å². The Morgan fingerprint density at radius 2 is 2.03 bits per heavy atom. The van der Waals surface area contributed by atoms with Gasteiger partial charge >= 0.3 is 0 Å². The Hall–Kier alpha value is -2.36. The highest BCUT2D eigenvalue weighted by molar-refractivity contribution is 5.96. The van der Waals surface area contributed by atoms with Gasteiger partial charge in [-0.15, -0.1) is 0 Å². The molecule has 1 amide bonds. The summed E-state index contributed by atoms with van der Waals surface area (Å²) in [6.07, 6.45) is 6.50. The van der Waals surface area contributed by atoms with Crippen molar-refractivity contribution in [2.24, 2.45) is 5.92 Å². The Labute approximate surface area is 171 Å². The lowest BCUT2D eigenvalue weighted by atomic mass is 9.79. The predicted molar refractivity (Wildman–Crippen MR) is 112 cm³/mol. The first kappa shape index (κ1) is 18.7. The number of piperidine rings is 3. The van der Waals surface area contributed by atoms with Crippen LogP contribution < -0.4 is 5.32 Å². The number of hydrogen-bond donors (Lipinski definition) is 1. The number of hydrogen-bond acceptors (Lipinski definition) is 5. The molecule has 4 fully saturated rings. The molecule has 2 bridgehead atoms. The molecular weight excluding hydrogens is 364 g/mol. The fourth-order valence-corrected chi connectivity index (χ4v) is 5.08. The number of carbonyl (C=O) groups excluding carboxylic acids is 1. The van der Waals surface area contributed by atoms with Crippen molar-refractivity contribution >= 4 is 16.9 Å². The number of likely N-dealkylation sites (tertiary alicyclic amines) is 1. The molecule has 1 N–H and O–H groups in total. The highest BCUT2D eigenvalue weighted by Gasteiger charge is 2.40. The summed E-state index contributed by atoms with van der Waals surface area (Å²) in [5.41, 5.74) is 1.11. The maximum atomic E-state index is 12.8. The van der Waals surface area contributed by atoms with Crippen molar-refractivity contribution in [3.05, 3.63) is 29.8 Å². The summed E-state index contributed by atoms with van der Waals surface area (Å²) in [6, 6.07) is 4.31. The second kappa shape index (κ2) is 7.81. The Kier molecular flexibility index (Phi) is 5.03. The quantitative estimate of drug-likeness (QED) is 0.814. The SMILES string of the molecule is C[C@H]1[C@H](NC(=O)c2cc3cc(C#CCN4CCCC4)oc3cn2)C2CCN1CC2. The Bertz CT molecular complexity index is 956. The van der Waals surface area contributed by atoms with E-state index in [1.807, 2.05) is 12.1 Å². The largest absolute Gasteiger partial charge is 0.446 e. The van der Waals surface area contributed by atoms with Gasteiger partial charge in [-0.3, -0.25) is 14.6 Å². The summed E-state index contributed by atoms with van der Waals surface area (Å²) in [4.78, 5) is 22.0. The van der Waals surface area contributed by atoms with Crippen LogP contribution in [0.4, 0.5) is 0 Å². The number of amides is 1. The zero-order chi connectivity index (χ0) is 19.8. The Morgan fingerprint density at radius 3 is 2.79 bits per heavy atom. The number of pyridine rings is 1. The van der Waals surface area contributed by atoms with Gasteiger partial charge in [0, 0.05) is 23.5 Å². The highest BCUT2D eigenvalue weighted by Crippen LogP contribution is 2.32. The average Bonchev–Trinajstić information content (AvgIpc) is 3.39. The second-order valence-corrected chi connectivity index (χ2v) is 8.62. The number of nitrogens with one attached hydrogen (secondary N) is 1. The number of aromatic nitrogens is 1. The van der Waals surface area contributed by atoms with Gasteiger partial charge in [0.1, 0.15) is 5.69 Å².